The average Bonchev–Trinajstić information content (AvgIpc) is 2.87. The summed E-state index contributed by atoms with van der Waals surface area (Å²) in [6.45, 7) is 4.30. The average molecular weight is 504 g/mol. The van der Waals surface area contributed by atoms with Crippen molar-refractivity contribution < 1.29 is 32.3 Å². The lowest BCUT2D eigenvalue weighted by Crippen LogP contribution is -2.48. The fraction of sp³-hybridized carbons (Fsp3) is 0.375. The molecule has 1 amide bonds. The van der Waals surface area contributed by atoms with Gasteiger partial charge in [-0.25, -0.2) is 18.0 Å². The molecule has 2 aromatic carbocycles. The van der Waals surface area contributed by atoms with E-state index in [4.69, 9.17) is 9.47 Å². The summed E-state index contributed by atoms with van der Waals surface area (Å²) in [5.74, 6) is -1.63. The van der Waals surface area contributed by atoms with Crippen molar-refractivity contribution in [3.8, 4) is 0 Å². The first-order valence-corrected chi connectivity index (χ1v) is 12.7. The molecule has 2 aromatic rings. The molecular formula is C24H29N3O7S. The number of anilines is 1. The first-order chi connectivity index (χ1) is 16.7. The molecule has 0 unspecified atom stereocenters. The van der Waals surface area contributed by atoms with Crippen molar-refractivity contribution in [1.29, 1.82) is 0 Å². The molecule has 1 aliphatic rings. The molecule has 1 saturated heterocycles. The van der Waals surface area contributed by atoms with Crippen molar-refractivity contribution in [1.82, 2.24) is 9.21 Å². The van der Waals surface area contributed by atoms with E-state index in [0.29, 0.717) is 38.3 Å². The maximum absolute atomic E-state index is 12.9. The minimum atomic E-state index is -3.19. The van der Waals surface area contributed by atoms with Crippen molar-refractivity contribution in [3.63, 3.8) is 0 Å². The zero-order valence-electron chi connectivity index (χ0n) is 19.9. The van der Waals surface area contributed by atoms with Crippen LogP contribution in [0.3, 0.4) is 0 Å². The molecule has 188 valence electrons. The number of esters is 2. The van der Waals surface area contributed by atoms with E-state index in [9.17, 15) is 22.8 Å². The van der Waals surface area contributed by atoms with Crippen LogP contribution in [0.1, 0.15) is 43.6 Å². The summed E-state index contributed by atoms with van der Waals surface area (Å²) in [4.78, 5) is 39.0. The molecule has 0 spiro atoms. The molecule has 0 saturated carbocycles. The van der Waals surface area contributed by atoms with E-state index in [2.05, 4.69) is 10.2 Å². The number of sulfonamides is 1. The molecular weight excluding hydrogens is 474 g/mol. The summed E-state index contributed by atoms with van der Waals surface area (Å²) in [5.41, 5.74) is 1.75. The summed E-state index contributed by atoms with van der Waals surface area (Å²) in [7, 11) is -0.747. The number of hydrogen-bond acceptors (Lipinski definition) is 8. The number of hydrogen-bond donors (Lipinski definition) is 1. The number of ether oxygens (including phenoxy) is 2. The molecule has 11 heteroatoms. The lowest BCUT2D eigenvalue weighted by Gasteiger charge is -2.33. The molecule has 3 rings (SSSR count). The first kappa shape index (κ1) is 26.3. The third-order valence-electron chi connectivity index (χ3n) is 5.72. The smallest absolute Gasteiger partial charge is 0.337 e. The third-order valence-corrected chi connectivity index (χ3v) is 7.60. The summed E-state index contributed by atoms with van der Waals surface area (Å²) in [6.07, 6.45) is 0. The predicted octanol–water partition coefficient (Wildman–Crippen LogP) is 1.98. The Hall–Kier alpha value is -3.28. The van der Waals surface area contributed by atoms with Crippen LogP contribution in [0.5, 0.6) is 0 Å². The highest BCUT2D eigenvalue weighted by Crippen LogP contribution is 2.19. The molecule has 0 aromatic heterocycles. The number of carbonyl (C=O) groups is 3. The molecule has 1 aliphatic heterocycles. The molecule has 35 heavy (non-hydrogen) atoms. The minimum Gasteiger partial charge on any atom is -0.465 e. The molecule has 0 atom stereocenters. The summed E-state index contributed by atoms with van der Waals surface area (Å²) in [6, 6.07) is 11.3. The molecule has 0 radical (unpaired) electrons. The molecule has 1 N–H and O–H groups in total. The van der Waals surface area contributed by atoms with Gasteiger partial charge in [-0.05, 0) is 42.8 Å². The van der Waals surface area contributed by atoms with Crippen molar-refractivity contribution >= 4 is 33.6 Å². The van der Waals surface area contributed by atoms with Gasteiger partial charge in [0, 0.05) is 44.0 Å². The largest absolute Gasteiger partial charge is 0.465 e. The highest BCUT2D eigenvalue weighted by Gasteiger charge is 2.25. The van der Waals surface area contributed by atoms with E-state index in [-0.39, 0.29) is 22.6 Å². The first-order valence-electron chi connectivity index (χ1n) is 11.1. The van der Waals surface area contributed by atoms with Crippen LogP contribution in [-0.2, 0) is 26.0 Å². The van der Waals surface area contributed by atoms with E-state index < -0.39 is 27.9 Å². The second-order valence-corrected chi connectivity index (χ2v) is 10.3. The molecule has 1 heterocycles. The Morgan fingerprint density at radius 3 is 2.03 bits per heavy atom. The Bertz CT molecular complexity index is 1170. The van der Waals surface area contributed by atoms with Crippen LogP contribution in [-0.4, -0.2) is 81.6 Å². The Labute approximate surface area is 204 Å². The standard InChI is InChI=1S/C24H29N3O7S/c1-4-35(31,32)27-10-8-26(9-11-27)16-17-6-5-7-18(12-17)22(28)25-21-14-19(23(29)33-2)13-20(15-21)24(30)34-3/h5-7,12-15H,4,8-11,16H2,1-3H3,(H,25,28). The Morgan fingerprint density at radius 1 is 0.886 bits per heavy atom. The van der Waals surface area contributed by atoms with Crippen LogP contribution in [0, 0.1) is 0 Å². The Morgan fingerprint density at radius 2 is 1.49 bits per heavy atom. The minimum absolute atomic E-state index is 0.0911. The van der Waals surface area contributed by atoms with Crippen LogP contribution in [0.25, 0.3) is 0 Å². The second-order valence-electron chi connectivity index (χ2n) is 8.01. The van der Waals surface area contributed by atoms with Crippen molar-refractivity contribution in [2.75, 3.05) is 51.5 Å². The predicted molar refractivity (Wildman–Crippen MR) is 130 cm³/mol. The SMILES string of the molecule is CCS(=O)(=O)N1CCN(Cc2cccc(C(=O)Nc3cc(C(=O)OC)cc(C(=O)OC)c3)c2)CC1. The van der Waals surface area contributed by atoms with Gasteiger partial charge < -0.3 is 14.8 Å². The zero-order valence-corrected chi connectivity index (χ0v) is 20.8. The van der Waals surface area contributed by atoms with Crippen molar-refractivity contribution in [3.05, 3.63) is 64.7 Å². The van der Waals surface area contributed by atoms with E-state index >= 15 is 0 Å². The number of rotatable bonds is 8. The Balaban J connectivity index is 1.71. The number of nitrogens with zero attached hydrogens (tertiary/aromatic N) is 2. The fourth-order valence-corrected chi connectivity index (χ4v) is 4.88. The Kier molecular flexibility index (Phi) is 8.60. The summed E-state index contributed by atoms with van der Waals surface area (Å²) >= 11 is 0. The van der Waals surface area contributed by atoms with Gasteiger partial charge in [0.1, 0.15) is 0 Å². The quantitative estimate of drug-likeness (QED) is 0.543. The van der Waals surface area contributed by atoms with E-state index in [1.54, 1.807) is 25.1 Å². The molecule has 0 bridgehead atoms. The van der Waals surface area contributed by atoms with Crippen LogP contribution >= 0.6 is 0 Å². The van der Waals surface area contributed by atoms with E-state index in [0.717, 1.165) is 5.56 Å². The summed E-state index contributed by atoms with van der Waals surface area (Å²) in [5, 5.41) is 2.72. The lowest BCUT2D eigenvalue weighted by molar-refractivity contribution is 0.0598. The monoisotopic (exact) mass is 503 g/mol. The number of carbonyl (C=O) groups excluding carboxylic acids is 3. The van der Waals surface area contributed by atoms with Gasteiger partial charge in [-0.15, -0.1) is 0 Å². The number of benzene rings is 2. The number of nitrogens with one attached hydrogen (secondary N) is 1. The maximum atomic E-state index is 12.9. The van der Waals surface area contributed by atoms with Crippen LogP contribution < -0.4 is 5.32 Å². The highest BCUT2D eigenvalue weighted by atomic mass is 32.2. The topological polar surface area (TPSA) is 122 Å². The molecule has 10 nitrogen and oxygen atoms in total. The fourth-order valence-electron chi connectivity index (χ4n) is 3.79. The van der Waals surface area contributed by atoms with Gasteiger partial charge in [0.05, 0.1) is 31.1 Å². The van der Waals surface area contributed by atoms with E-state index in [1.165, 1.54) is 36.7 Å². The van der Waals surface area contributed by atoms with Gasteiger partial charge in [-0.2, -0.15) is 4.31 Å². The van der Waals surface area contributed by atoms with Crippen molar-refractivity contribution in [2.45, 2.75) is 13.5 Å². The number of methoxy groups -OCH3 is 2. The molecule has 0 aliphatic carbocycles. The second kappa shape index (κ2) is 11.4. The lowest BCUT2D eigenvalue weighted by atomic mass is 10.1. The normalized spacial score (nSPS) is 14.8. The zero-order chi connectivity index (χ0) is 25.6. The highest BCUT2D eigenvalue weighted by molar-refractivity contribution is 7.89. The van der Waals surface area contributed by atoms with E-state index in [1.807, 2.05) is 6.07 Å². The molecule has 1 fully saturated rings. The van der Waals surface area contributed by atoms with Gasteiger partial charge in [-0.1, -0.05) is 12.1 Å². The number of amides is 1. The summed E-state index contributed by atoms with van der Waals surface area (Å²) < 4.78 is 35.1. The van der Waals surface area contributed by atoms with Crippen LogP contribution in [0.4, 0.5) is 5.69 Å². The van der Waals surface area contributed by atoms with Gasteiger partial charge in [0.25, 0.3) is 5.91 Å². The van der Waals surface area contributed by atoms with Gasteiger partial charge in [0.15, 0.2) is 0 Å². The van der Waals surface area contributed by atoms with Crippen LogP contribution in [0.15, 0.2) is 42.5 Å². The van der Waals surface area contributed by atoms with Gasteiger partial charge >= 0.3 is 11.9 Å². The van der Waals surface area contributed by atoms with Crippen LogP contribution in [0.2, 0.25) is 0 Å². The van der Waals surface area contributed by atoms with Crippen molar-refractivity contribution in [2.24, 2.45) is 0 Å². The third kappa shape index (κ3) is 6.65. The van der Waals surface area contributed by atoms with Gasteiger partial charge in [0.2, 0.25) is 10.0 Å². The van der Waals surface area contributed by atoms with Gasteiger partial charge in [-0.3, -0.25) is 9.69 Å². The number of piperazine rings is 1. The maximum Gasteiger partial charge on any atom is 0.337 e.